The van der Waals surface area contributed by atoms with Crippen molar-refractivity contribution in [3.05, 3.63) is 30.1 Å². The van der Waals surface area contributed by atoms with E-state index in [0.29, 0.717) is 26.0 Å². The smallest absolute Gasteiger partial charge is 0.328 e. The summed E-state index contributed by atoms with van der Waals surface area (Å²) in [6.07, 6.45) is 4.24. The molecule has 6 nitrogen and oxygen atoms in total. The number of aliphatic carboxylic acids is 1. The number of aryl methyl sites for hydroxylation is 1. The Morgan fingerprint density at radius 1 is 1.42 bits per heavy atom. The number of morpholine rings is 1. The Bertz CT molecular complexity index is 449. The molecular formula is C13H16N2O4. The van der Waals surface area contributed by atoms with E-state index >= 15 is 0 Å². The molecule has 19 heavy (non-hydrogen) atoms. The van der Waals surface area contributed by atoms with E-state index in [0.717, 1.165) is 5.56 Å². The van der Waals surface area contributed by atoms with Crippen molar-refractivity contribution in [1.29, 1.82) is 0 Å². The van der Waals surface area contributed by atoms with Crippen LogP contribution in [0.3, 0.4) is 0 Å². The van der Waals surface area contributed by atoms with Gasteiger partial charge in [0.1, 0.15) is 0 Å². The number of carboxylic acid groups (broad SMARTS) is 1. The quantitative estimate of drug-likeness (QED) is 0.847. The van der Waals surface area contributed by atoms with Crippen molar-refractivity contribution in [1.82, 2.24) is 9.88 Å². The third kappa shape index (κ3) is 3.51. The van der Waals surface area contributed by atoms with Crippen molar-refractivity contribution in [2.45, 2.75) is 18.9 Å². The molecule has 102 valence electrons. The van der Waals surface area contributed by atoms with E-state index < -0.39 is 12.0 Å². The minimum Gasteiger partial charge on any atom is -0.480 e. The molecule has 1 aromatic rings. The summed E-state index contributed by atoms with van der Waals surface area (Å²) in [5.41, 5.74) is 1.02. The van der Waals surface area contributed by atoms with Crippen molar-refractivity contribution < 1.29 is 19.4 Å². The van der Waals surface area contributed by atoms with E-state index in [9.17, 15) is 9.59 Å². The van der Waals surface area contributed by atoms with Gasteiger partial charge in [0, 0.05) is 25.4 Å². The standard InChI is InChI=1S/C13H16N2O4/c16-12(2-1-10-3-5-14-6-4-10)15-7-8-19-9-11(15)13(17)18/h3-6,11H,1-2,7-9H2,(H,17,18). The van der Waals surface area contributed by atoms with Crippen LogP contribution in [0, 0.1) is 0 Å². The summed E-state index contributed by atoms with van der Waals surface area (Å²) >= 11 is 0. The van der Waals surface area contributed by atoms with Crippen LogP contribution in [0.2, 0.25) is 0 Å². The topological polar surface area (TPSA) is 79.7 Å². The molecule has 1 amide bonds. The lowest BCUT2D eigenvalue weighted by molar-refractivity contribution is -0.158. The number of amides is 1. The maximum absolute atomic E-state index is 12.1. The monoisotopic (exact) mass is 264 g/mol. The van der Waals surface area contributed by atoms with Crippen LogP contribution >= 0.6 is 0 Å². The van der Waals surface area contributed by atoms with Gasteiger partial charge in [-0.1, -0.05) is 0 Å². The predicted molar refractivity (Wildman–Crippen MR) is 66.5 cm³/mol. The highest BCUT2D eigenvalue weighted by atomic mass is 16.5. The number of hydrogen-bond acceptors (Lipinski definition) is 4. The van der Waals surface area contributed by atoms with Crippen LogP contribution < -0.4 is 0 Å². The van der Waals surface area contributed by atoms with Gasteiger partial charge in [0.25, 0.3) is 0 Å². The van der Waals surface area contributed by atoms with Gasteiger partial charge in [0.05, 0.1) is 13.2 Å². The summed E-state index contributed by atoms with van der Waals surface area (Å²) in [7, 11) is 0. The first-order chi connectivity index (χ1) is 9.18. The maximum Gasteiger partial charge on any atom is 0.328 e. The zero-order chi connectivity index (χ0) is 13.7. The zero-order valence-electron chi connectivity index (χ0n) is 10.5. The number of hydrogen-bond donors (Lipinski definition) is 1. The van der Waals surface area contributed by atoms with Gasteiger partial charge >= 0.3 is 5.97 Å². The molecular weight excluding hydrogens is 248 g/mol. The maximum atomic E-state index is 12.1. The minimum absolute atomic E-state index is 0.0658. The summed E-state index contributed by atoms with van der Waals surface area (Å²) in [6, 6.07) is 2.83. The summed E-state index contributed by atoms with van der Waals surface area (Å²) in [5, 5.41) is 9.06. The van der Waals surface area contributed by atoms with Crippen LogP contribution in [0.15, 0.2) is 24.5 Å². The Kier molecular flexibility index (Phi) is 4.46. The van der Waals surface area contributed by atoms with Gasteiger partial charge < -0.3 is 14.7 Å². The molecule has 0 spiro atoms. The summed E-state index contributed by atoms with van der Waals surface area (Å²) in [5.74, 6) is -1.16. The molecule has 2 heterocycles. The normalized spacial score (nSPS) is 19.2. The molecule has 0 radical (unpaired) electrons. The van der Waals surface area contributed by atoms with Crippen LogP contribution in [0.25, 0.3) is 0 Å². The molecule has 1 unspecified atom stereocenters. The Morgan fingerprint density at radius 2 is 2.16 bits per heavy atom. The second kappa shape index (κ2) is 6.29. The first-order valence-corrected chi connectivity index (χ1v) is 6.17. The molecule has 1 atom stereocenters. The SMILES string of the molecule is O=C(O)C1COCCN1C(=O)CCc1ccncc1. The van der Waals surface area contributed by atoms with Gasteiger partial charge in [-0.15, -0.1) is 0 Å². The van der Waals surface area contributed by atoms with Crippen LogP contribution in [-0.2, 0) is 20.7 Å². The van der Waals surface area contributed by atoms with Crippen LogP contribution in [0.5, 0.6) is 0 Å². The lowest BCUT2D eigenvalue weighted by Crippen LogP contribution is -2.52. The fourth-order valence-corrected chi connectivity index (χ4v) is 2.05. The van der Waals surface area contributed by atoms with Crippen molar-refractivity contribution in [2.75, 3.05) is 19.8 Å². The highest BCUT2D eigenvalue weighted by Gasteiger charge is 2.32. The van der Waals surface area contributed by atoms with Gasteiger partial charge in [-0.3, -0.25) is 9.78 Å². The zero-order valence-corrected chi connectivity index (χ0v) is 10.5. The average Bonchev–Trinajstić information content (AvgIpc) is 2.46. The fraction of sp³-hybridized carbons (Fsp3) is 0.462. The fourth-order valence-electron chi connectivity index (χ4n) is 2.05. The van der Waals surface area contributed by atoms with Gasteiger partial charge in [0.2, 0.25) is 5.91 Å². The van der Waals surface area contributed by atoms with Crippen molar-refractivity contribution in [3.8, 4) is 0 Å². The second-order valence-electron chi connectivity index (χ2n) is 4.37. The largest absolute Gasteiger partial charge is 0.480 e. The molecule has 0 saturated carbocycles. The predicted octanol–water partition coefficient (Wildman–Crippen LogP) is 0.326. The lowest BCUT2D eigenvalue weighted by Gasteiger charge is -2.32. The van der Waals surface area contributed by atoms with E-state index in [2.05, 4.69) is 4.98 Å². The van der Waals surface area contributed by atoms with Gasteiger partial charge in [0.15, 0.2) is 6.04 Å². The van der Waals surface area contributed by atoms with Crippen molar-refractivity contribution in [2.24, 2.45) is 0 Å². The van der Waals surface area contributed by atoms with E-state index in [1.54, 1.807) is 12.4 Å². The molecule has 1 aromatic heterocycles. The second-order valence-corrected chi connectivity index (χ2v) is 4.37. The highest BCUT2D eigenvalue weighted by Crippen LogP contribution is 2.11. The van der Waals surface area contributed by atoms with Gasteiger partial charge in [-0.25, -0.2) is 4.79 Å². The molecule has 0 aromatic carbocycles. The van der Waals surface area contributed by atoms with Crippen LogP contribution in [-0.4, -0.2) is 52.7 Å². The van der Waals surface area contributed by atoms with Crippen LogP contribution in [0.4, 0.5) is 0 Å². The Labute approximate surface area is 111 Å². The number of nitrogens with zero attached hydrogens (tertiary/aromatic N) is 2. The lowest BCUT2D eigenvalue weighted by atomic mass is 10.1. The first kappa shape index (κ1) is 13.5. The first-order valence-electron chi connectivity index (χ1n) is 6.17. The summed E-state index contributed by atoms with van der Waals surface area (Å²) in [6.45, 7) is 0.799. The van der Waals surface area contributed by atoms with E-state index in [1.165, 1.54) is 4.90 Å². The number of carbonyl (C=O) groups excluding carboxylic acids is 1. The number of aromatic nitrogens is 1. The van der Waals surface area contributed by atoms with Crippen molar-refractivity contribution >= 4 is 11.9 Å². The molecule has 1 saturated heterocycles. The van der Waals surface area contributed by atoms with E-state index in [-0.39, 0.29) is 12.5 Å². The molecule has 1 fully saturated rings. The number of ether oxygens (including phenoxy) is 1. The van der Waals surface area contributed by atoms with Gasteiger partial charge in [-0.05, 0) is 24.1 Å². The number of carbonyl (C=O) groups is 2. The minimum atomic E-state index is -1.02. The molecule has 1 aliphatic rings. The number of pyridine rings is 1. The third-order valence-corrected chi connectivity index (χ3v) is 3.11. The van der Waals surface area contributed by atoms with E-state index in [1.807, 2.05) is 12.1 Å². The van der Waals surface area contributed by atoms with Crippen molar-refractivity contribution in [3.63, 3.8) is 0 Å². The molecule has 0 bridgehead atoms. The van der Waals surface area contributed by atoms with E-state index in [4.69, 9.17) is 9.84 Å². The molecule has 0 aliphatic carbocycles. The Morgan fingerprint density at radius 3 is 2.84 bits per heavy atom. The number of carboxylic acids is 1. The Balaban J connectivity index is 1.93. The highest BCUT2D eigenvalue weighted by molar-refractivity contribution is 5.84. The van der Waals surface area contributed by atoms with Gasteiger partial charge in [-0.2, -0.15) is 0 Å². The third-order valence-electron chi connectivity index (χ3n) is 3.11. The molecule has 1 aliphatic heterocycles. The Hall–Kier alpha value is -1.95. The summed E-state index contributed by atoms with van der Waals surface area (Å²) < 4.78 is 5.10. The molecule has 1 N–H and O–H groups in total. The van der Waals surface area contributed by atoms with Crippen LogP contribution in [0.1, 0.15) is 12.0 Å². The molecule has 6 heteroatoms. The summed E-state index contributed by atoms with van der Waals surface area (Å²) in [4.78, 5) is 28.4. The molecule has 2 rings (SSSR count). The average molecular weight is 264 g/mol. The number of rotatable bonds is 4.